The minimum atomic E-state index is -1.05. The Morgan fingerprint density at radius 3 is 2.74 bits per heavy atom. The van der Waals surface area contributed by atoms with Crippen molar-refractivity contribution in [2.45, 2.75) is 38.0 Å². The number of alkyl carbamates (subject to hydrolysis) is 1. The molecule has 1 aliphatic rings. The number of allylic oxidation sites excluding steroid dienone is 1. The lowest BCUT2D eigenvalue weighted by Gasteiger charge is -2.31. The molecule has 1 aromatic rings. The number of amides is 2. The number of hydrogen-bond acceptors (Lipinski definition) is 5. The molecule has 0 saturated heterocycles. The zero-order chi connectivity index (χ0) is 19.6. The highest BCUT2D eigenvalue weighted by atomic mass is 32.2. The number of nitrogens with one attached hydrogen (secondary N) is 1. The van der Waals surface area contributed by atoms with Crippen LogP contribution in [0.15, 0.2) is 42.6 Å². The van der Waals surface area contributed by atoms with E-state index < -0.39 is 30.1 Å². The van der Waals surface area contributed by atoms with Crippen molar-refractivity contribution in [3.05, 3.63) is 48.2 Å². The number of rotatable bonds is 8. The van der Waals surface area contributed by atoms with Crippen LogP contribution < -0.4 is 5.32 Å². The van der Waals surface area contributed by atoms with E-state index >= 15 is 0 Å². The molecule has 0 bridgehead atoms. The highest BCUT2D eigenvalue weighted by molar-refractivity contribution is 7.98. The minimum Gasteiger partial charge on any atom is -0.480 e. The van der Waals surface area contributed by atoms with Gasteiger partial charge in [0.15, 0.2) is 0 Å². The predicted octanol–water partition coefficient (Wildman–Crippen LogP) is 2.62. The molecule has 0 aliphatic carbocycles. The van der Waals surface area contributed by atoms with Crippen LogP contribution in [0.3, 0.4) is 0 Å². The Hall–Kier alpha value is -2.48. The van der Waals surface area contributed by atoms with E-state index in [0.29, 0.717) is 25.0 Å². The van der Waals surface area contributed by atoms with Gasteiger partial charge in [-0.2, -0.15) is 11.8 Å². The Labute approximate surface area is 162 Å². The second kappa shape index (κ2) is 10.6. The lowest BCUT2D eigenvalue weighted by Crippen LogP contribution is -2.52. The first-order chi connectivity index (χ1) is 13.0. The summed E-state index contributed by atoms with van der Waals surface area (Å²) < 4.78 is 5.19. The summed E-state index contributed by atoms with van der Waals surface area (Å²) >= 11 is 1.54. The molecule has 0 radical (unpaired) electrons. The maximum absolute atomic E-state index is 12.9. The molecule has 1 aliphatic heterocycles. The van der Waals surface area contributed by atoms with Crippen LogP contribution >= 0.6 is 11.8 Å². The van der Waals surface area contributed by atoms with Gasteiger partial charge in [-0.3, -0.25) is 4.79 Å². The number of hydrogen-bond donors (Lipinski definition) is 2. The SMILES string of the molecule is CSCC[C@H](NC(=O)OCc1ccccc1)C(=O)N1C=CCCC1C(=O)O. The van der Waals surface area contributed by atoms with Gasteiger partial charge in [-0.15, -0.1) is 0 Å². The van der Waals surface area contributed by atoms with E-state index in [9.17, 15) is 19.5 Å². The van der Waals surface area contributed by atoms with Gasteiger partial charge < -0.3 is 20.1 Å². The number of carboxylic acid groups (broad SMARTS) is 1. The Morgan fingerprint density at radius 1 is 1.33 bits per heavy atom. The third-order valence-electron chi connectivity index (χ3n) is 4.16. The van der Waals surface area contributed by atoms with Crippen LogP contribution in [0, 0.1) is 0 Å². The minimum absolute atomic E-state index is 0.0947. The molecular formula is C19H24N2O5S. The topological polar surface area (TPSA) is 95.9 Å². The van der Waals surface area contributed by atoms with Crippen molar-refractivity contribution in [1.82, 2.24) is 10.2 Å². The van der Waals surface area contributed by atoms with E-state index in [-0.39, 0.29) is 6.61 Å². The number of nitrogens with zero attached hydrogens (tertiary/aromatic N) is 1. The highest BCUT2D eigenvalue weighted by Gasteiger charge is 2.34. The summed E-state index contributed by atoms with van der Waals surface area (Å²) in [5, 5.41) is 11.9. The quantitative estimate of drug-likeness (QED) is 0.706. The largest absolute Gasteiger partial charge is 0.480 e. The maximum Gasteiger partial charge on any atom is 0.408 e. The fourth-order valence-electron chi connectivity index (χ4n) is 2.73. The van der Waals surface area contributed by atoms with E-state index in [0.717, 1.165) is 5.56 Å². The van der Waals surface area contributed by atoms with Crippen LogP contribution in [0.1, 0.15) is 24.8 Å². The van der Waals surface area contributed by atoms with Crippen LogP contribution in [0.5, 0.6) is 0 Å². The molecule has 1 heterocycles. The second-order valence-corrected chi connectivity index (χ2v) is 7.09. The molecule has 2 N–H and O–H groups in total. The Bertz CT molecular complexity index is 680. The van der Waals surface area contributed by atoms with Gasteiger partial charge in [-0.05, 0) is 36.8 Å². The number of thioether (sulfide) groups is 1. The number of aliphatic carboxylic acids is 1. The zero-order valence-electron chi connectivity index (χ0n) is 15.2. The van der Waals surface area contributed by atoms with Crippen LogP contribution in [0.2, 0.25) is 0 Å². The van der Waals surface area contributed by atoms with Gasteiger partial charge in [-0.1, -0.05) is 36.4 Å². The first-order valence-electron chi connectivity index (χ1n) is 8.70. The number of carbonyl (C=O) groups is 3. The van der Waals surface area contributed by atoms with Gasteiger partial charge in [0, 0.05) is 6.20 Å². The maximum atomic E-state index is 12.9. The molecule has 1 unspecified atom stereocenters. The third-order valence-corrected chi connectivity index (χ3v) is 4.81. The van der Waals surface area contributed by atoms with Crippen molar-refractivity contribution in [2.75, 3.05) is 12.0 Å². The summed E-state index contributed by atoms with van der Waals surface area (Å²) in [7, 11) is 0. The van der Waals surface area contributed by atoms with Crippen molar-refractivity contribution < 1.29 is 24.2 Å². The summed E-state index contributed by atoms with van der Waals surface area (Å²) in [6, 6.07) is 7.46. The molecule has 0 saturated carbocycles. The van der Waals surface area contributed by atoms with Crippen molar-refractivity contribution in [1.29, 1.82) is 0 Å². The van der Waals surface area contributed by atoms with Gasteiger partial charge >= 0.3 is 12.1 Å². The number of ether oxygens (including phenoxy) is 1. The fourth-order valence-corrected chi connectivity index (χ4v) is 3.21. The summed E-state index contributed by atoms with van der Waals surface area (Å²) in [4.78, 5) is 37.7. The monoisotopic (exact) mass is 392 g/mol. The first-order valence-corrected chi connectivity index (χ1v) is 10.1. The molecule has 1 aromatic carbocycles. The molecule has 146 valence electrons. The molecule has 0 spiro atoms. The summed E-state index contributed by atoms with van der Waals surface area (Å²) in [5.74, 6) is -0.850. The molecule has 8 heteroatoms. The fraction of sp³-hybridized carbons (Fsp3) is 0.421. The third kappa shape index (κ3) is 6.32. The molecule has 0 aromatic heterocycles. The van der Waals surface area contributed by atoms with Gasteiger partial charge in [-0.25, -0.2) is 9.59 Å². The molecule has 2 atom stereocenters. The molecule has 0 fully saturated rings. The van der Waals surface area contributed by atoms with Crippen molar-refractivity contribution in [3.63, 3.8) is 0 Å². The zero-order valence-corrected chi connectivity index (χ0v) is 16.0. The smallest absolute Gasteiger partial charge is 0.408 e. The van der Waals surface area contributed by atoms with E-state index in [2.05, 4.69) is 5.32 Å². The number of carboxylic acids is 1. The van der Waals surface area contributed by atoms with Gasteiger partial charge in [0.05, 0.1) is 0 Å². The number of carbonyl (C=O) groups excluding carboxylic acids is 2. The van der Waals surface area contributed by atoms with Crippen LogP contribution in [-0.4, -0.2) is 52.1 Å². The van der Waals surface area contributed by atoms with E-state index in [4.69, 9.17) is 4.74 Å². The normalized spacial score (nSPS) is 17.2. The lowest BCUT2D eigenvalue weighted by molar-refractivity contribution is -0.149. The van der Waals surface area contributed by atoms with Crippen molar-refractivity contribution in [2.24, 2.45) is 0 Å². The standard InChI is InChI=1S/C19H24N2O5S/c1-27-12-10-15(17(22)21-11-6-5-9-16(21)18(23)24)20-19(25)26-13-14-7-3-2-4-8-14/h2-4,6-8,11,15-16H,5,9-10,12-13H2,1H3,(H,20,25)(H,23,24)/t15-,16?/m0/s1. The van der Waals surface area contributed by atoms with Crippen molar-refractivity contribution >= 4 is 29.7 Å². The van der Waals surface area contributed by atoms with Crippen LogP contribution in [-0.2, 0) is 20.9 Å². The highest BCUT2D eigenvalue weighted by Crippen LogP contribution is 2.18. The Balaban J connectivity index is 2.01. The van der Waals surface area contributed by atoms with E-state index in [1.807, 2.05) is 36.6 Å². The van der Waals surface area contributed by atoms with Gasteiger partial charge in [0.1, 0.15) is 18.7 Å². The lowest BCUT2D eigenvalue weighted by atomic mass is 10.0. The van der Waals surface area contributed by atoms with Gasteiger partial charge in [0.2, 0.25) is 5.91 Å². The molecular weight excluding hydrogens is 368 g/mol. The molecule has 7 nitrogen and oxygen atoms in total. The molecule has 2 rings (SSSR count). The average molecular weight is 392 g/mol. The second-order valence-electron chi connectivity index (χ2n) is 6.10. The Morgan fingerprint density at radius 2 is 2.07 bits per heavy atom. The summed E-state index contributed by atoms with van der Waals surface area (Å²) in [6.07, 6.45) is 5.79. The van der Waals surface area contributed by atoms with E-state index in [1.54, 1.807) is 17.8 Å². The van der Waals surface area contributed by atoms with Crippen LogP contribution in [0.25, 0.3) is 0 Å². The molecule has 2 amide bonds. The molecule has 27 heavy (non-hydrogen) atoms. The first kappa shape index (κ1) is 20.8. The average Bonchev–Trinajstić information content (AvgIpc) is 2.69. The predicted molar refractivity (Wildman–Crippen MR) is 103 cm³/mol. The number of benzene rings is 1. The Kier molecular flexibility index (Phi) is 8.19. The van der Waals surface area contributed by atoms with Crippen LogP contribution in [0.4, 0.5) is 4.79 Å². The summed E-state index contributed by atoms with van der Waals surface area (Å²) in [5.41, 5.74) is 0.838. The van der Waals surface area contributed by atoms with E-state index in [1.165, 1.54) is 11.1 Å². The van der Waals surface area contributed by atoms with Crippen molar-refractivity contribution in [3.8, 4) is 0 Å². The summed E-state index contributed by atoms with van der Waals surface area (Å²) in [6.45, 7) is 0.0947. The van der Waals surface area contributed by atoms with Gasteiger partial charge in [0.25, 0.3) is 0 Å².